The van der Waals surface area contributed by atoms with Gasteiger partial charge in [-0.25, -0.2) is 4.39 Å². The monoisotopic (exact) mass is 275 g/mol. The Kier molecular flexibility index (Phi) is 6.85. The molecule has 0 amide bonds. The Morgan fingerprint density at radius 1 is 1.25 bits per heavy atom. The van der Waals surface area contributed by atoms with Gasteiger partial charge in [0.05, 0.1) is 0 Å². The van der Waals surface area contributed by atoms with E-state index in [-0.39, 0.29) is 11.6 Å². The molecule has 1 aromatic rings. The number of aryl methyl sites for hydroxylation is 1. The lowest BCUT2D eigenvalue weighted by Gasteiger charge is -2.13. The van der Waals surface area contributed by atoms with Crippen LogP contribution < -0.4 is 0 Å². The topological polar surface area (TPSA) is 40.9 Å². The molecule has 0 atom stereocenters. The molecule has 2 rings (SSSR count). The number of carbonyl (C=O) groups is 1. The van der Waals surface area contributed by atoms with Crippen LogP contribution in [0.25, 0.3) is 0 Å². The zero-order valence-corrected chi connectivity index (χ0v) is 12.2. The van der Waals surface area contributed by atoms with Gasteiger partial charge in [-0.15, -0.1) is 0 Å². The number of benzene rings is 1. The van der Waals surface area contributed by atoms with Crippen molar-refractivity contribution in [2.45, 2.75) is 46.0 Å². The Bertz CT molecular complexity index is 488. The number of rotatable bonds is 2. The normalized spacial score (nSPS) is 16.9. The van der Waals surface area contributed by atoms with Gasteiger partial charge in [0.1, 0.15) is 11.6 Å². The lowest BCUT2D eigenvalue weighted by molar-refractivity contribution is -0.118. The number of hydrogen-bond donors (Lipinski definition) is 1. The van der Waals surface area contributed by atoms with Crippen LogP contribution in [0.4, 0.5) is 4.39 Å². The molecule has 1 saturated carbocycles. The summed E-state index contributed by atoms with van der Waals surface area (Å²) < 4.78 is 12.3. The zero-order chi connectivity index (χ0) is 15.0. The number of carbonyl (C=O) groups excluding carboxylic acids is 1. The highest BCUT2D eigenvalue weighted by Gasteiger charge is 2.16. The van der Waals surface area contributed by atoms with Gasteiger partial charge in [-0.1, -0.05) is 31.6 Å². The van der Waals surface area contributed by atoms with Crippen molar-refractivity contribution in [3.8, 4) is 0 Å². The third-order valence-electron chi connectivity index (χ3n) is 3.23. The van der Waals surface area contributed by atoms with E-state index >= 15 is 0 Å². The highest BCUT2D eigenvalue weighted by atomic mass is 19.1. The van der Waals surface area contributed by atoms with Crippen molar-refractivity contribution in [1.82, 2.24) is 0 Å². The molecule has 1 aromatic carbocycles. The quantitative estimate of drug-likeness (QED) is 0.849. The fourth-order valence-electron chi connectivity index (χ4n) is 2.05. The molecule has 0 heterocycles. The van der Waals surface area contributed by atoms with Gasteiger partial charge < -0.3 is 5.41 Å². The summed E-state index contributed by atoms with van der Waals surface area (Å²) in [6.07, 6.45) is 5.70. The maximum atomic E-state index is 12.3. The maximum absolute atomic E-state index is 12.3. The van der Waals surface area contributed by atoms with Crippen LogP contribution >= 0.6 is 0 Å². The van der Waals surface area contributed by atoms with Crippen molar-refractivity contribution in [1.29, 1.82) is 5.41 Å². The predicted octanol–water partition coefficient (Wildman–Crippen LogP) is 4.48. The summed E-state index contributed by atoms with van der Waals surface area (Å²) in [7, 11) is 0. The van der Waals surface area contributed by atoms with E-state index in [1.165, 1.54) is 17.7 Å². The van der Waals surface area contributed by atoms with E-state index in [1.807, 2.05) is 25.1 Å². The number of Topliss-reactive ketones (excluding diaryl/α,β-unsaturated/α-hetero) is 1. The van der Waals surface area contributed by atoms with Gasteiger partial charge in [-0.3, -0.25) is 4.79 Å². The Balaban J connectivity index is 0.000000200. The van der Waals surface area contributed by atoms with E-state index in [2.05, 4.69) is 6.92 Å². The lowest BCUT2D eigenvalue weighted by Crippen LogP contribution is -2.15. The molecule has 0 bridgehead atoms. The molecule has 108 valence electrons. The largest absolute Gasteiger partial charge is 0.305 e. The number of halogens is 1. The maximum Gasteiger partial charge on any atom is 0.137 e. The summed E-state index contributed by atoms with van der Waals surface area (Å²) in [5.41, 5.74) is 2.77. The molecule has 20 heavy (non-hydrogen) atoms. The summed E-state index contributed by atoms with van der Waals surface area (Å²) in [6, 6.07) is 6.67. The van der Waals surface area contributed by atoms with Crippen molar-refractivity contribution in [3.63, 3.8) is 0 Å². The van der Waals surface area contributed by atoms with Crippen LogP contribution in [0, 0.1) is 11.2 Å². The molecule has 0 saturated heterocycles. The van der Waals surface area contributed by atoms with Crippen molar-refractivity contribution in [2.24, 2.45) is 0 Å². The molecule has 1 N–H and O–H groups in total. The van der Waals surface area contributed by atoms with Gasteiger partial charge in [-0.2, -0.15) is 0 Å². The second kappa shape index (κ2) is 8.41. The molecule has 0 aromatic heterocycles. The van der Waals surface area contributed by atoms with Crippen molar-refractivity contribution in [3.05, 3.63) is 47.3 Å². The Labute approximate surface area is 120 Å². The van der Waals surface area contributed by atoms with E-state index in [0.29, 0.717) is 25.0 Å². The first-order valence-electron chi connectivity index (χ1n) is 7.06. The van der Waals surface area contributed by atoms with Gasteiger partial charge in [0.15, 0.2) is 0 Å². The van der Waals surface area contributed by atoms with E-state index in [4.69, 9.17) is 5.41 Å². The van der Waals surface area contributed by atoms with Crippen LogP contribution in [0.5, 0.6) is 0 Å². The van der Waals surface area contributed by atoms with Crippen LogP contribution in [-0.2, 0) is 11.2 Å². The second-order valence-electron chi connectivity index (χ2n) is 4.88. The lowest BCUT2D eigenvalue weighted by atomic mass is 9.92. The predicted molar refractivity (Wildman–Crippen MR) is 80.7 cm³/mol. The molecule has 0 unspecified atom stereocenters. The first kappa shape index (κ1) is 16.3. The minimum absolute atomic E-state index is 0.153. The van der Waals surface area contributed by atoms with Gasteiger partial charge in [-0.05, 0) is 43.0 Å². The number of nitrogens with one attached hydrogen (secondary N) is 1. The Hall–Kier alpha value is -1.77. The molecule has 1 aliphatic rings. The summed E-state index contributed by atoms with van der Waals surface area (Å²) >= 11 is 0. The number of allylic oxidation sites excluding steroid dienone is 2. The minimum atomic E-state index is -0.153. The standard InChI is InChI=1S/C9H11F.C8H11NO/c1-2-3-8-4-6-9(10)7-5-8;1-2-6-5-7(10)3-4-8(6)9/h4-7H,2-3H2,1H3;2,9H,3-5H2,1H3/b;6-2-,9-8?. The van der Waals surface area contributed by atoms with Crippen LogP contribution in [0.3, 0.4) is 0 Å². The zero-order valence-electron chi connectivity index (χ0n) is 12.2. The smallest absolute Gasteiger partial charge is 0.137 e. The van der Waals surface area contributed by atoms with E-state index in [9.17, 15) is 9.18 Å². The van der Waals surface area contributed by atoms with Crippen molar-refractivity contribution < 1.29 is 9.18 Å². The summed E-state index contributed by atoms with van der Waals surface area (Å²) in [5, 5.41) is 7.42. The van der Waals surface area contributed by atoms with Crippen molar-refractivity contribution in [2.75, 3.05) is 0 Å². The summed E-state index contributed by atoms with van der Waals surface area (Å²) in [6.45, 7) is 3.99. The molecular formula is C17H22FNO. The van der Waals surface area contributed by atoms with Crippen molar-refractivity contribution >= 4 is 11.5 Å². The van der Waals surface area contributed by atoms with E-state index in [1.54, 1.807) is 0 Å². The average Bonchev–Trinajstić information content (AvgIpc) is 2.45. The number of ketones is 1. The van der Waals surface area contributed by atoms with Gasteiger partial charge in [0.25, 0.3) is 0 Å². The van der Waals surface area contributed by atoms with Crippen LogP contribution in [0.2, 0.25) is 0 Å². The third-order valence-corrected chi connectivity index (χ3v) is 3.23. The number of hydrogen-bond acceptors (Lipinski definition) is 2. The molecule has 1 aliphatic carbocycles. The van der Waals surface area contributed by atoms with Crippen LogP contribution in [-0.4, -0.2) is 11.5 Å². The van der Waals surface area contributed by atoms with E-state index < -0.39 is 0 Å². The van der Waals surface area contributed by atoms with Crippen LogP contribution in [0.15, 0.2) is 35.9 Å². The SMILES string of the molecule is C/C=C1/CC(=O)CCC1=N.CCCc1ccc(F)cc1. The first-order valence-corrected chi connectivity index (χ1v) is 7.06. The minimum Gasteiger partial charge on any atom is -0.305 e. The molecule has 0 radical (unpaired) electrons. The summed E-state index contributed by atoms with van der Waals surface area (Å²) in [4.78, 5) is 10.8. The molecule has 0 aliphatic heterocycles. The molecule has 3 heteroatoms. The van der Waals surface area contributed by atoms with Gasteiger partial charge in [0, 0.05) is 18.6 Å². The molecule has 1 fully saturated rings. The van der Waals surface area contributed by atoms with Gasteiger partial charge in [0.2, 0.25) is 0 Å². The second-order valence-corrected chi connectivity index (χ2v) is 4.88. The van der Waals surface area contributed by atoms with E-state index in [0.717, 1.165) is 18.4 Å². The fraction of sp³-hybridized carbons (Fsp3) is 0.412. The van der Waals surface area contributed by atoms with Gasteiger partial charge >= 0.3 is 0 Å². The highest BCUT2D eigenvalue weighted by Crippen LogP contribution is 2.16. The first-order chi connectivity index (χ1) is 9.56. The highest BCUT2D eigenvalue weighted by molar-refractivity contribution is 6.06. The Morgan fingerprint density at radius 3 is 2.40 bits per heavy atom. The molecule has 0 spiro atoms. The molecular weight excluding hydrogens is 253 g/mol. The average molecular weight is 275 g/mol. The fourth-order valence-corrected chi connectivity index (χ4v) is 2.05. The van der Waals surface area contributed by atoms with Crippen LogP contribution in [0.1, 0.15) is 45.1 Å². The third kappa shape index (κ3) is 5.47. The molecule has 2 nitrogen and oxygen atoms in total. The Morgan fingerprint density at radius 2 is 1.90 bits per heavy atom. The summed E-state index contributed by atoms with van der Waals surface area (Å²) in [5.74, 6) is 0.115.